The molecule has 0 radical (unpaired) electrons. The van der Waals surface area contributed by atoms with Crippen LogP contribution in [0, 0.1) is 0 Å². The van der Waals surface area contributed by atoms with Gasteiger partial charge in [-0.1, -0.05) is 267 Å². The normalized spacial score (nSPS) is 13.1. The lowest BCUT2D eigenvalue weighted by atomic mass is 10.0. The van der Waals surface area contributed by atoms with Crippen LogP contribution in [0.2, 0.25) is 0 Å². The van der Waals surface area contributed by atoms with Crippen LogP contribution in [-0.2, 0) is 14.3 Å². The molecule has 0 aromatic carbocycles. The molecule has 396 valence electrons. The number of amides is 1. The van der Waals surface area contributed by atoms with Crippen LogP contribution in [0.4, 0.5) is 0 Å². The molecule has 0 saturated carbocycles. The summed E-state index contributed by atoms with van der Waals surface area (Å²) in [5, 5.41) is 23.1. The van der Waals surface area contributed by atoms with Crippen LogP contribution in [-0.4, -0.2) is 47.4 Å². The van der Waals surface area contributed by atoms with E-state index in [1.54, 1.807) is 6.08 Å². The molecule has 2 unspecified atom stereocenters. The Hall–Kier alpha value is -2.44. The second-order valence-electron chi connectivity index (χ2n) is 20.0. The Morgan fingerprint density at radius 2 is 0.779 bits per heavy atom. The van der Waals surface area contributed by atoms with Crippen molar-refractivity contribution in [2.45, 2.75) is 309 Å². The van der Waals surface area contributed by atoms with Gasteiger partial charge in [-0.3, -0.25) is 9.59 Å². The highest BCUT2D eigenvalue weighted by atomic mass is 16.5. The van der Waals surface area contributed by atoms with Crippen LogP contribution < -0.4 is 5.32 Å². The summed E-state index contributed by atoms with van der Waals surface area (Å²) in [7, 11) is 0. The van der Waals surface area contributed by atoms with E-state index in [9.17, 15) is 19.8 Å². The SMILES string of the molecule is CCC/C=C\C/C=C\CCCCCCCC(=O)OCCCCCCCC/C=C\C/C=C\CCC(=O)NC(CO)C(O)/C=C/CCCCCCCCCCCCCCCCCCCCCCCCC. The quantitative estimate of drug-likeness (QED) is 0.0321. The first kappa shape index (κ1) is 65.6. The molecule has 0 heterocycles. The molecule has 0 aromatic heterocycles. The third-order valence-electron chi connectivity index (χ3n) is 13.2. The number of rotatable bonds is 54. The number of carbonyl (C=O) groups excluding carboxylic acids is 2. The van der Waals surface area contributed by atoms with E-state index >= 15 is 0 Å². The highest BCUT2D eigenvalue weighted by molar-refractivity contribution is 5.76. The molecule has 1 amide bonds. The van der Waals surface area contributed by atoms with Crippen LogP contribution in [0.1, 0.15) is 296 Å². The third-order valence-corrected chi connectivity index (χ3v) is 13.2. The molecule has 0 aliphatic carbocycles. The summed E-state index contributed by atoms with van der Waals surface area (Å²) in [6.45, 7) is 4.77. The summed E-state index contributed by atoms with van der Waals surface area (Å²) in [5.41, 5.74) is 0. The Bertz CT molecular complexity index is 1190. The van der Waals surface area contributed by atoms with Crippen molar-refractivity contribution >= 4 is 11.9 Å². The standard InChI is InChI=1S/C62H113NO5/c1-3-5-7-9-11-13-15-17-18-19-20-21-22-23-24-25-26-27-28-31-34-38-42-46-50-54-60(65)59(58-64)63-61(66)55-51-47-43-39-35-32-29-33-37-41-45-49-53-57-68-62(67)56-52-48-44-40-36-30-16-14-12-10-8-6-4-2/h8,10,14,16,32,35,43,47,50,54,59-60,64-65H,3-7,9,11-13,15,17-31,33-34,36-42,44-46,48-49,51-53,55-58H2,1-2H3,(H,63,66)/b10-8-,16-14-,35-32-,47-43-,54-50+. The van der Waals surface area contributed by atoms with Gasteiger partial charge in [0, 0.05) is 12.8 Å². The summed E-state index contributed by atoms with van der Waals surface area (Å²) < 4.78 is 5.44. The summed E-state index contributed by atoms with van der Waals surface area (Å²) in [5.74, 6) is -0.182. The van der Waals surface area contributed by atoms with E-state index in [-0.39, 0.29) is 18.5 Å². The minimum atomic E-state index is -0.883. The summed E-state index contributed by atoms with van der Waals surface area (Å²) in [4.78, 5) is 24.5. The number of esters is 1. The number of carbonyl (C=O) groups is 2. The van der Waals surface area contributed by atoms with E-state index < -0.39 is 12.1 Å². The average molecular weight is 953 g/mol. The summed E-state index contributed by atoms with van der Waals surface area (Å²) in [6, 6.07) is -0.675. The Kier molecular flexibility index (Phi) is 55.1. The van der Waals surface area contributed by atoms with Crippen LogP contribution in [0.3, 0.4) is 0 Å². The van der Waals surface area contributed by atoms with Crippen molar-refractivity contribution < 1.29 is 24.5 Å². The molecule has 0 spiro atoms. The molecular weight excluding hydrogens is 839 g/mol. The molecular formula is C62H113NO5. The molecule has 0 saturated heterocycles. The maximum atomic E-state index is 12.4. The highest BCUT2D eigenvalue weighted by Gasteiger charge is 2.17. The van der Waals surface area contributed by atoms with Crippen molar-refractivity contribution in [2.75, 3.05) is 13.2 Å². The van der Waals surface area contributed by atoms with E-state index in [0.717, 1.165) is 64.2 Å². The van der Waals surface area contributed by atoms with Crippen molar-refractivity contribution in [3.8, 4) is 0 Å². The molecule has 3 N–H and O–H groups in total. The molecule has 0 bridgehead atoms. The molecule has 6 nitrogen and oxygen atoms in total. The van der Waals surface area contributed by atoms with Gasteiger partial charge in [0.05, 0.1) is 25.4 Å². The fourth-order valence-corrected chi connectivity index (χ4v) is 8.72. The van der Waals surface area contributed by atoms with Gasteiger partial charge in [0.15, 0.2) is 0 Å². The Morgan fingerprint density at radius 1 is 0.412 bits per heavy atom. The van der Waals surface area contributed by atoms with Crippen molar-refractivity contribution in [3.63, 3.8) is 0 Å². The number of allylic oxidation sites excluding steroid dienone is 9. The van der Waals surface area contributed by atoms with E-state index in [1.807, 2.05) is 12.2 Å². The predicted octanol–water partition coefficient (Wildman–Crippen LogP) is 18.4. The molecule has 0 aliphatic rings. The molecule has 68 heavy (non-hydrogen) atoms. The number of aliphatic hydroxyl groups excluding tert-OH is 2. The van der Waals surface area contributed by atoms with Crippen molar-refractivity contribution in [2.24, 2.45) is 0 Å². The maximum absolute atomic E-state index is 12.4. The van der Waals surface area contributed by atoms with Crippen molar-refractivity contribution in [3.05, 3.63) is 60.8 Å². The first-order valence-corrected chi connectivity index (χ1v) is 29.6. The average Bonchev–Trinajstić information content (AvgIpc) is 3.34. The Balaban J connectivity index is 3.58. The number of hydrogen-bond donors (Lipinski definition) is 3. The smallest absolute Gasteiger partial charge is 0.305 e. The number of aliphatic hydroxyl groups is 2. The molecule has 0 aromatic rings. The fourth-order valence-electron chi connectivity index (χ4n) is 8.72. The van der Waals surface area contributed by atoms with Crippen molar-refractivity contribution in [1.29, 1.82) is 0 Å². The van der Waals surface area contributed by atoms with Crippen LogP contribution in [0.5, 0.6) is 0 Å². The minimum Gasteiger partial charge on any atom is -0.466 e. The van der Waals surface area contributed by atoms with E-state index in [0.29, 0.717) is 25.9 Å². The van der Waals surface area contributed by atoms with E-state index in [2.05, 4.69) is 61.7 Å². The van der Waals surface area contributed by atoms with E-state index in [4.69, 9.17) is 4.74 Å². The molecule has 6 heteroatoms. The van der Waals surface area contributed by atoms with E-state index in [1.165, 1.54) is 199 Å². The lowest BCUT2D eigenvalue weighted by Crippen LogP contribution is -2.45. The third kappa shape index (κ3) is 52.9. The van der Waals surface area contributed by atoms with Gasteiger partial charge < -0.3 is 20.3 Å². The number of hydrogen-bond acceptors (Lipinski definition) is 5. The molecule has 2 atom stereocenters. The van der Waals surface area contributed by atoms with Crippen LogP contribution in [0.25, 0.3) is 0 Å². The van der Waals surface area contributed by atoms with Gasteiger partial charge in [-0.15, -0.1) is 0 Å². The zero-order valence-corrected chi connectivity index (χ0v) is 45.1. The van der Waals surface area contributed by atoms with Gasteiger partial charge in [0.1, 0.15) is 0 Å². The maximum Gasteiger partial charge on any atom is 0.305 e. The first-order valence-electron chi connectivity index (χ1n) is 29.6. The van der Waals surface area contributed by atoms with Crippen molar-refractivity contribution in [1.82, 2.24) is 5.32 Å². The van der Waals surface area contributed by atoms with Crippen LogP contribution >= 0.6 is 0 Å². The monoisotopic (exact) mass is 952 g/mol. The summed E-state index contributed by atoms with van der Waals surface area (Å²) in [6.07, 6.45) is 74.1. The Morgan fingerprint density at radius 3 is 1.21 bits per heavy atom. The number of unbranched alkanes of at least 4 members (excludes halogenated alkanes) is 35. The molecule has 0 aliphatic heterocycles. The summed E-state index contributed by atoms with van der Waals surface area (Å²) >= 11 is 0. The first-order chi connectivity index (χ1) is 33.5. The van der Waals surface area contributed by atoms with Crippen LogP contribution in [0.15, 0.2) is 60.8 Å². The van der Waals surface area contributed by atoms with Gasteiger partial charge >= 0.3 is 5.97 Å². The Labute approximate surface area is 422 Å². The minimum absolute atomic E-state index is 0.0341. The predicted molar refractivity (Wildman–Crippen MR) is 296 cm³/mol. The molecule has 0 fully saturated rings. The number of nitrogens with one attached hydrogen (secondary N) is 1. The zero-order valence-electron chi connectivity index (χ0n) is 45.1. The second-order valence-corrected chi connectivity index (χ2v) is 20.0. The zero-order chi connectivity index (χ0) is 49.3. The largest absolute Gasteiger partial charge is 0.466 e. The van der Waals surface area contributed by atoms with Gasteiger partial charge in [0.25, 0.3) is 0 Å². The fraction of sp³-hybridized carbons (Fsp3) is 0.806. The van der Waals surface area contributed by atoms with Gasteiger partial charge in [0.2, 0.25) is 5.91 Å². The molecule has 0 rings (SSSR count). The van der Waals surface area contributed by atoms with Gasteiger partial charge in [-0.05, 0) is 77.0 Å². The highest BCUT2D eigenvalue weighted by Crippen LogP contribution is 2.17. The number of ether oxygens (including phenoxy) is 1. The lowest BCUT2D eigenvalue weighted by molar-refractivity contribution is -0.143. The van der Waals surface area contributed by atoms with Gasteiger partial charge in [-0.2, -0.15) is 0 Å². The topological polar surface area (TPSA) is 95.9 Å². The lowest BCUT2D eigenvalue weighted by Gasteiger charge is -2.19. The van der Waals surface area contributed by atoms with Gasteiger partial charge in [-0.25, -0.2) is 0 Å². The second kappa shape index (κ2) is 57.1.